The molecule has 0 aromatic rings. The first-order valence-electron chi connectivity index (χ1n) is 31.8. The van der Waals surface area contributed by atoms with Gasteiger partial charge in [0, 0.05) is 232 Å². The zero-order chi connectivity index (χ0) is 60.0. The van der Waals surface area contributed by atoms with Gasteiger partial charge in [0.2, 0.25) is 11.8 Å². The lowest BCUT2D eigenvalue weighted by atomic mass is 10.0. The standard InChI is InChI=1S/C11H23N3O.C11H25N3.C11H24N2.C10H22N2O.C10H20N2O.C9H20N2/c1-9(2)13-5-7-14(8-6-13)11(3,4)10(12)15;1-11(2)14-9-7-13(8-10-14)6-5-12(3)4;1-10(2)12-6-8-13(9-7-12)11(3,4)5;1-10(2)12-6-4-11(5-7-12)8-9-13-3;1-4-10(13)12-7-5-11(6-8-12)9(2)3;1-4-10-5-7-11(8-6-10)9(2)3/h9H,5-8H2,1-4H3,(H2,12,15);11H,5-10H2,1-4H3;10H,6-9H2,1-5H3;10H,4-9H2,1-3H3;9H,4-8H2,1-3H3;9H,4-8H2,1-3H3. The molecule has 17 heteroatoms. The number of hydrogen-bond donors (Lipinski definition) is 1. The maximum absolute atomic E-state index is 11.4. The minimum absolute atomic E-state index is 0.236. The van der Waals surface area contributed by atoms with E-state index >= 15 is 0 Å². The molecule has 470 valence electrons. The summed E-state index contributed by atoms with van der Waals surface area (Å²) >= 11 is 0. The molecule has 0 aliphatic carbocycles. The first kappa shape index (κ1) is 75.4. The zero-order valence-electron chi connectivity index (χ0n) is 56.3. The van der Waals surface area contributed by atoms with Crippen LogP contribution >= 0.6 is 0 Å². The second-order valence-corrected chi connectivity index (χ2v) is 26.5. The Balaban J connectivity index is 0.000000475. The number of rotatable bonds is 16. The maximum atomic E-state index is 11.4. The highest BCUT2D eigenvalue weighted by molar-refractivity contribution is 5.83. The predicted octanol–water partition coefficient (Wildman–Crippen LogP) is 5.30. The van der Waals surface area contributed by atoms with E-state index in [0.29, 0.717) is 48.1 Å². The number of hydrogen-bond acceptors (Lipinski definition) is 15. The molecule has 0 bridgehead atoms. The summed E-state index contributed by atoms with van der Waals surface area (Å²) in [6.07, 6.45) is 0.641. The highest BCUT2D eigenvalue weighted by Crippen LogP contribution is 2.19. The van der Waals surface area contributed by atoms with Crippen LogP contribution in [0.4, 0.5) is 0 Å². The van der Waals surface area contributed by atoms with Gasteiger partial charge < -0.3 is 25.2 Å². The van der Waals surface area contributed by atoms with Crippen molar-refractivity contribution in [2.75, 3.05) is 211 Å². The Morgan fingerprint density at radius 1 is 0.443 bits per heavy atom. The van der Waals surface area contributed by atoms with Gasteiger partial charge in [-0.3, -0.25) is 58.6 Å². The van der Waals surface area contributed by atoms with E-state index in [9.17, 15) is 9.59 Å². The number of amides is 2. The molecule has 6 heterocycles. The van der Waals surface area contributed by atoms with Crippen LogP contribution in [0.2, 0.25) is 0 Å². The molecule has 0 atom stereocenters. The lowest BCUT2D eigenvalue weighted by molar-refractivity contribution is -0.133. The van der Waals surface area contributed by atoms with Crippen LogP contribution in [0.5, 0.6) is 0 Å². The molecule has 6 rings (SSSR count). The van der Waals surface area contributed by atoms with Gasteiger partial charge in [-0.1, -0.05) is 13.8 Å². The van der Waals surface area contributed by atoms with Crippen molar-refractivity contribution in [2.45, 2.75) is 185 Å². The molecular formula is C62H134N14O3. The van der Waals surface area contributed by atoms with Crippen LogP contribution in [0.15, 0.2) is 0 Å². The van der Waals surface area contributed by atoms with E-state index < -0.39 is 5.54 Å². The zero-order valence-corrected chi connectivity index (χ0v) is 56.3. The average molecular weight is 1120 g/mol. The van der Waals surface area contributed by atoms with Crippen LogP contribution < -0.4 is 5.73 Å². The van der Waals surface area contributed by atoms with E-state index in [4.69, 9.17) is 10.5 Å². The van der Waals surface area contributed by atoms with E-state index in [2.05, 4.69) is 184 Å². The third-order valence-corrected chi connectivity index (χ3v) is 17.5. The Morgan fingerprint density at radius 3 is 1.00 bits per heavy atom. The number of likely N-dealkylation sites (N-methyl/N-ethyl adjacent to an activating group) is 2. The third-order valence-electron chi connectivity index (χ3n) is 17.5. The Hall–Kier alpha value is -1.58. The first-order valence-corrected chi connectivity index (χ1v) is 31.8. The fourth-order valence-corrected chi connectivity index (χ4v) is 10.7. The van der Waals surface area contributed by atoms with Gasteiger partial charge in [-0.15, -0.1) is 0 Å². The van der Waals surface area contributed by atoms with Crippen molar-refractivity contribution in [3.63, 3.8) is 0 Å². The van der Waals surface area contributed by atoms with E-state index in [0.717, 1.165) is 71.6 Å². The molecule has 17 nitrogen and oxygen atoms in total. The molecule has 0 aromatic carbocycles. The van der Waals surface area contributed by atoms with Crippen LogP contribution in [-0.4, -0.2) is 334 Å². The van der Waals surface area contributed by atoms with Gasteiger partial charge >= 0.3 is 0 Å². The van der Waals surface area contributed by atoms with Crippen molar-refractivity contribution in [3.8, 4) is 0 Å². The van der Waals surface area contributed by atoms with Crippen LogP contribution in [0, 0.1) is 0 Å². The highest BCUT2D eigenvalue weighted by atomic mass is 16.5. The van der Waals surface area contributed by atoms with E-state index in [1.807, 2.05) is 25.7 Å². The molecule has 2 amide bonds. The molecule has 0 aromatic heterocycles. The monoisotopic (exact) mass is 1120 g/mol. The summed E-state index contributed by atoms with van der Waals surface area (Å²) in [4.78, 5) is 54.2. The summed E-state index contributed by atoms with van der Waals surface area (Å²) in [7, 11) is 6.05. The first-order chi connectivity index (χ1) is 37.0. The number of nitrogens with zero attached hydrogens (tertiary/aromatic N) is 13. The molecule has 6 aliphatic heterocycles. The number of piperazine rings is 6. The van der Waals surface area contributed by atoms with Crippen LogP contribution in [0.1, 0.15) is 138 Å². The van der Waals surface area contributed by atoms with Crippen LogP contribution in [0.3, 0.4) is 0 Å². The predicted molar refractivity (Wildman–Crippen MR) is 339 cm³/mol. The van der Waals surface area contributed by atoms with Crippen molar-refractivity contribution < 1.29 is 14.3 Å². The Kier molecular flexibility index (Phi) is 38.1. The maximum Gasteiger partial charge on any atom is 0.237 e. The number of primary amides is 1. The Bertz CT molecular complexity index is 1510. The van der Waals surface area contributed by atoms with Crippen LogP contribution in [-0.2, 0) is 14.3 Å². The quantitative estimate of drug-likeness (QED) is 0.216. The summed E-state index contributed by atoms with van der Waals surface area (Å²) < 4.78 is 5.06. The molecule has 6 saturated heterocycles. The lowest BCUT2D eigenvalue weighted by Crippen LogP contribution is -2.60. The normalized spacial score (nSPS) is 21.3. The van der Waals surface area contributed by atoms with Gasteiger partial charge in [-0.25, -0.2) is 0 Å². The number of ether oxygens (including phenoxy) is 1. The van der Waals surface area contributed by atoms with Gasteiger partial charge in [-0.2, -0.15) is 0 Å². The number of carbonyl (C=O) groups excluding carboxylic acids is 2. The summed E-state index contributed by atoms with van der Waals surface area (Å²) in [5.74, 6) is 0.0592. The average Bonchev–Trinajstić information content (AvgIpc) is 3.42. The topological polar surface area (TPSA) is 112 Å². The summed E-state index contributed by atoms with van der Waals surface area (Å²) in [5.41, 5.74) is 5.24. The molecule has 0 radical (unpaired) electrons. The minimum atomic E-state index is -0.511. The molecule has 2 N–H and O–H groups in total. The molecule has 79 heavy (non-hydrogen) atoms. The second kappa shape index (κ2) is 39.9. The van der Waals surface area contributed by atoms with Gasteiger partial charge in [0.25, 0.3) is 0 Å². The van der Waals surface area contributed by atoms with E-state index in [1.54, 1.807) is 7.11 Å². The smallest absolute Gasteiger partial charge is 0.237 e. The van der Waals surface area contributed by atoms with Crippen molar-refractivity contribution in [2.24, 2.45) is 5.73 Å². The third kappa shape index (κ3) is 30.7. The lowest BCUT2D eigenvalue weighted by Gasteiger charge is -2.43. The van der Waals surface area contributed by atoms with Crippen molar-refractivity contribution >= 4 is 11.8 Å². The Labute approximate surface area is 490 Å². The number of carbonyl (C=O) groups is 2. The van der Waals surface area contributed by atoms with Crippen molar-refractivity contribution in [3.05, 3.63) is 0 Å². The summed E-state index contributed by atoms with van der Waals surface area (Å²) in [6, 6.07) is 4.05. The highest BCUT2D eigenvalue weighted by Gasteiger charge is 2.35. The van der Waals surface area contributed by atoms with Gasteiger partial charge in [0.1, 0.15) is 0 Å². The number of methoxy groups -OCH3 is 1. The Morgan fingerprint density at radius 2 is 0.734 bits per heavy atom. The molecular weight excluding hydrogens is 989 g/mol. The fourth-order valence-electron chi connectivity index (χ4n) is 10.7. The minimum Gasteiger partial charge on any atom is -0.383 e. The molecule has 6 aliphatic rings. The van der Waals surface area contributed by atoms with E-state index in [-0.39, 0.29) is 5.91 Å². The van der Waals surface area contributed by atoms with Gasteiger partial charge in [-0.05, 0) is 138 Å². The summed E-state index contributed by atoms with van der Waals surface area (Å²) in [5, 5.41) is 0. The van der Waals surface area contributed by atoms with Gasteiger partial charge in [0.15, 0.2) is 0 Å². The molecule has 6 fully saturated rings. The van der Waals surface area contributed by atoms with Gasteiger partial charge in [0.05, 0.1) is 12.1 Å². The number of nitrogens with two attached hydrogens (primary N) is 1. The molecule has 0 spiro atoms. The van der Waals surface area contributed by atoms with Crippen molar-refractivity contribution in [1.82, 2.24) is 63.7 Å². The van der Waals surface area contributed by atoms with E-state index in [1.165, 1.54) is 124 Å². The molecule has 0 saturated carbocycles. The second-order valence-electron chi connectivity index (χ2n) is 26.5. The molecule has 0 unspecified atom stereocenters. The fraction of sp³-hybridized carbons (Fsp3) is 0.968. The van der Waals surface area contributed by atoms with Crippen molar-refractivity contribution in [1.29, 1.82) is 0 Å². The van der Waals surface area contributed by atoms with Crippen LogP contribution in [0.25, 0.3) is 0 Å². The largest absolute Gasteiger partial charge is 0.383 e. The SMILES string of the molecule is CC(C)N1CCN(C(C)(C)C(N)=O)CC1.CC(C)N1CCN(C(C)(C)C)CC1.CC(C)N1CCN(CCN(C)C)CC1.CCC(=O)N1CCN(C(C)C)CC1.CCN1CCN(C(C)C)CC1.COCCN1CCN(C(C)C)CC1. The summed E-state index contributed by atoms with van der Waals surface area (Å²) in [6.45, 7) is 75.0.